The second-order valence-electron chi connectivity index (χ2n) is 5.81. The van der Waals surface area contributed by atoms with Gasteiger partial charge in [-0.1, -0.05) is 25.0 Å². The number of carbonyl (C=O) groups excluding carboxylic acids is 2. The first kappa shape index (κ1) is 13.3. The molecule has 1 aromatic carbocycles. The Labute approximate surface area is 119 Å². The lowest BCUT2D eigenvalue weighted by Gasteiger charge is -2.18. The molecule has 1 aliphatic carbocycles. The number of imide groups is 1. The molecule has 1 N–H and O–H groups in total. The third kappa shape index (κ3) is 2.48. The van der Waals surface area contributed by atoms with Crippen molar-refractivity contribution in [3.63, 3.8) is 0 Å². The Morgan fingerprint density at radius 1 is 1.20 bits per heavy atom. The summed E-state index contributed by atoms with van der Waals surface area (Å²) in [6.45, 7) is 1.96. The Kier molecular flexibility index (Phi) is 3.57. The van der Waals surface area contributed by atoms with Gasteiger partial charge in [-0.3, -0.25) is 9.59 Å². The van der Waals surface area contributed by atoms with E-state index in [4.69, 9.17) is 0 Å². The third-order valence-electron chi connectivity index (χ3n) is 4.20. The molecule has 1 saturated carbocycles. The monoisotopic (exact) mass is 272 g/mol. The zero-order valence-electron chi connectivity index (χ0n) is 11.8. The number of anilines is 1. The number of rotatable bonds is 3. The lowest BCUT2D eigenvalue weighted by molar-refractivity contribution is -0.121. The van der Waals surface area contributed by atoms with E-state index in [0.29, 0.717) is 11.7 Å². The van der Waals surface area contributed by atoms with Gasteiger partial charge in [-0.05, 0) is 37.5 Å². The molecule has 4 heteroatoms. The van der Waals surface area contributed by atoms with Crippen molar-refractivity contribution in [3.8, 4) is 0 Å². The third-order valence-corrected chi connectivity index (χ3v) is 4.20. The van der Waals surface area contributed by atoms with E-state index in [1.165, 1.54) is 17.7 Å². The number of benzene rings is 1. The molecule has 0 bridgehead atoms. The van der Waals surface area contributed by atoms with Crippen LogP contribution in [0.25, 0.3) is 0 Å². The number of hydrogen-bond donors (Lipinski definition) is 1. The van der Waals surface area contributed by atoms with Crippen LogP contribution in [0.3, 0.4) is 0 Å². The van der Waals surface area contributed by atoms with Gasteiger partial charge in [0.1, 0.15) is 0 Å². The number of aryl methyl sites for hydroxylation is 1. The average molecular weight is 272 g/mol. The Balaban J connectivity index is 1.76. The van der Waals surface area contributed by atoms with Gasteiger partial charge >= 0.3 is 0 Å². The summed E-state index contributed by atoms with van der Waals surface area (Å²) in [6, 6.07) is 7.60. The van der Waals surface area contributed by atoms with Crippen LogP contribution in [0.15, 0.2) is 24.3 Å². The molecular weight excluding hydrogens is 252 g/mol. The maximum atomic E-state index is 12.5. The van der Waals surface area contributed by atoms with Gasteiger partial charge in [0.15, 0.2) is 0 Å². The highest BCUT2D eigenvalue weighted by molar-refractivity contribution is 6.22. The van der Waals surface area contributed by atoms with E-state index in [1.807, 2.05) is 31.2 Å². The smallest absolute Gasteiger partial charge is 0.251 e. The van der Waals surface area contributed by atoms with Crippen LogP contribution in [0, 0.1) is 6.92 Å². The highest BCUT2D eigenvalue weighted by Gasteiger charge is 2.40. The van der Waals surface area contributed by atoms with Crippen molar-refractivity contribution >= 4 is 17.5 Å². The van der Waals surface area contributed by atoms with Crippen LogP contribution in [0.4, 0.5) is 5.69 Å². The molecular formula is C16H20N2O2. The normalized spacial score (nSPS) is 23.9. The Morgan fingerprint density at radius 2 is 1.95 bits per heavy atom. The fraction of sp³-hybridized carbons (Fsp3) is 0.500. The minimum Gasteiger partial charge on any atom is -0.303 e. The predicted octanol–water partition coefficient (Wildman–Crippen LogP) is 2.16. The standard InChI is InChI=1S/C16H20N2O2/c1-11-5-4-8-13(9-11)18-15(19)10-14(16(18)20)17-12-6-2-3-7-12/h4-5,8-9,12,14,17H,2-3,6-7,10H2,1H3/t14-/m0/s1. The van der Waals surface area contributed by atoms with Gasteiger partial charge < -0.3 is 5.32 Å². The van der Waals surface area contributed by atoms with Gasteiger partial charge in [-0.2, -0.15) is 0 Å². The zero-order valence-corrected chi connectivity index (χ0v) is 11.8. The molecule has 0 radical (unpaired) electrons. The summed E-state index contributed by atoms with van der Waals surface area (Å²) in [5, 5.41) is 3.36. The topological polar surface area (TPSA) is 49.4 Å². The van der Waals surface area contributed by atoms with Crippen molar-refractivity contribution in [2.45, 2.75) is 51.1 Å². The molecule has 1 heterocycles. The molecule has 2 fully saturated rings. The summed E-state index contributed by atoms with van der Waals surface area (Å²) in [6.07, 6.45) is 4.94. The van der Waals surface area contributed by atoms with Crippen LogP contribution in [-0.2, 0) is 9.59 Å². The first-order valence-electron chi connectivity index (χ1n) is 7.34. The van der Waals surface area contributed by atoms with Gasteiger partial charge in [0, 0.05) is 6.04 Å². The molecule has 0 spiro atoms. The minimum absolute atomic E-state index is 0.101. The predicted molar refractivity (Wildman–Crippen MR) is 77.5 cm³/mol. The van der Waals surface area contributed by atoms with Crippen molar-refractivity contribution in [1.29, 1.82) is 0 Å². The number of hydrogen-bond acceptors (Lipinski definition) is 3. The Morgan fingerprint density at radius 3 is 2.65 bits per heavy atom. The lowest BCUT2D eigenvalue weighted by atomic mass is 10.2. The molecule has 0 aromatic heterocycles. The van der Waals surface area contributed by atoms with Crippen LogP contribution < -0.4 is 10.2 Å². The quantitative estimate of drug-likeness (QED) is 0.858. The Bertz CT molecular complexity index is 535. The number of nitrogens with zero attached hydrogens (tertiary/aromatic N) is 1. The number of nitrogens with one attached hydrogen (secondary N) is 1. The second kappa shape index (κ2) is 5.37. The van der Waals surface area contributed by atoms with Crippen LogP contribution in [0.2, 0.25) is 0 Å². The molecule has 1 aliphatic heterocycles. The summed E-state index contributed by atoms with van der Waals surface area (Å²) in [5.74, 6) is -0.205. The van der Waals surface area contributed by atoms with Gasteiger partial charge in [0.05, 0.1) is 18.2 Å². The summed E-state index contributed by atoms with van der Waals surface area (Å²) in [7, 11) is 0. The molecule has 0 unspecified atom stereocenters. The maximum absolute atomic E-state index is 12.5. The fourth-order valence-electron chi connectivity index (χ4n) is 3.18. The lowest BCUT2D eigenvalue weighted by Crippen LogP contribution is -2.42. The van der Waals surface area contributed by atoms with E-state index >= 15 is 0 Å². The van der Waals surface area contributed by atoms with Crippen LogP contribution in [0.5, 0.6) is 0 Å². The molecule has 3 rings (SSSR count). The van der Waals surface area contributed by atoms with Crippen LogP contribution in [-0.4, -0.2) is 23.9 Å². The van der Waals surface area contributed by atoms with E-state index in [0.717, 1.165) is 18.4 Å². The summed E-state index contributed by atoms with van der Waals surface area (Å²) in [5.41, 5.74) is 1.74. The molecule has 1 aromatic rings. The molecule has 2 aliphatic rings. The van der Waals surface area contributed by atoms with E-state index in [1.54, 1.807) is 0 Å². The van der Waals surface area contributed by atoms with Crippen molar-refractivity contribution in [3.05, 3.63) is 29.8 Å². The molecule has 20 heavy (non-hydrogen) atoms. The number of amides is 2. The Hall–Kier alpha value is -1.68. The first-order valence-corrected chi connectivity index (χ1v) is 7.34. The van der Waals surface area contributed by atoms with Gasteiger partial charge in [0.25, 0.3) is 5.91 Å². The highest BCUT2D eigenvalue weighted by atomic mass is 16.2. The number of carbonyl (C=O) groups is 2. The van der Waals surface area contributed by atoms with Crippen LogP contribution >= 0.6 is 0 Å². The second-order valence-corrected chi connectivity index (χ2v) is 5.81. The van der Waals surface area contributed by atoms with Crippen molar-refractivity contribution < 1.29 is 9.59 Å². The van der Waals surface area contributed by atoms with Gasteiger partial charge in [-0.15, -0.1) is 0 Å². The molecule has 1 saturated heterocycles. The molecule has 106 valence electrons. The minimum atomic E-state index is -0.342. The molecule has 4 nitrogen and oxygen atoms in total. The average Bonchev–Trinajstić information content (AvgIpc) is 2.99. The van der Waals surface area contributed by atoms with Crippen molar-refractivity contribution in [1.82, 2.24) is 5.32 Å². The van der Waals surface area contributed by atoms with Gasteiger partial charge in [0.2, 0.25) is 5.91 Å². The summed E-state index contributed by atoms with van der Waals surface area (Å²) >= 11 is 0. The zero-order chi connectivity index (χ0) is 14.1. The van der Waals surface area contributed by atoms with Gasteiger partial charge in [-0.25, -0.2) is 4.90 Å². The highest BCUT2D eigenvalue weighted by Crippen LogP contribution is 2.25. The van der Waals surface area contributed by atoms with E-state index < -0.39 is 0 Å². The molecule has 2 amide bonds. The first-order chi connectivity index (χ1) is 9.65. The maximum Gasteiger partial charge on any atom is 0.251 e. The van der Waals surface area contributed by atoms with Crippen molar-refractivity contribution in [2.75, 3.05) is 4.90 Å². The van der Waals surface area contributed by atoms with E-state index in [-0.39, 0.29) is 24.3 Å². The summed E-state index contributed by atoms with van der Waals surface area (Å²) in [4.78, 5) is 25.9. The van der Waals surface area contributed by atoms with E-state index in [2.05, 4.69) is 5.32 Å². The summed E-state index contributed by atoms with van der Waals surface area (Å²) < 4.78 is 0. The van der Waals surface area contributed by atoms with Crippen LogP contribution in [0.1, 0.15) is 37.7 Å². The fourth-order valence-corrected chi connectivity index (χ4v) is 3.18. The molecule has 1 atom stereocenters. The SMILES string of the molecule is Cc1cccc(N2C(=O)C[C@H](NC3CCCC3)C2=O)c1. The van der Waals surface area contributed by atoms with Crippen molar-refractivity contribution in [2.24, 2.45) is 0 Å². The van der Waals surface area contributed by atoms with E-state index in [9.17, 15) is 9.59 Å². The largest absolute Gasteiger partial charge is 0.303 e.